The van der Waals surface area contributed by atoms with Crippen molar-refractivity contribution >= 4 is 8.25 Å². The Labute approximate surface area is 55.4 Å². The van der Waals surface area contributed by atoms with Crippen LogP contribution in [0.1, 0.15) is 13.8 Å². The van der Waals surface area contributed by atoms with E-state index in [-0.39, 0.29) is 0 Å². The van der Waals surface area contributed by atoms with E-state index >= 15 is 0 Å². The molecule has 0 spiro atoms. The molecule has 54 valence electrons. The minimum Gasteiger partial charge on any atom is -0.149 e. The zero-order chi connectivity index (χ0) is 7.11. The molecule has 0 aliphatic rings. The molecule has 1 N–H and O–H groups in total. The zero-order valence-corrected chi connectivity index (χ0v) is 6.48. The van der Waals surface area contributed by atoms with Gasteiger partial charge in [0.1, 0.15) is 6.61 Å². The van der Waals surface area contributed by atoms with E-state index in [1.807, 2.05) is 6.92 Å². The highest BCUT2D eigenvalue weighted by atomic mass is 31.1. The summed E-state index contributed by atoms with van der Waals surface area (Å²) in [6.45, 7) is 4.62. The Balaban J connectivity index is 3.06. The van der Waals surface area contributed by atoms with Crippen LogP contribution in [0.4, 0.5) is 0 Å². The van der Waals surface area contributed by atoms with Gasteiger partial charge in [0.05, 0.1) is 0 Å². The monoisotopic (exact) mass is 152 g/mol. The summed E-state index contributed by atoms with van der Waals surface area (Å²) in [5, 5.41) is 0. The quantitative estimate of drug-likeness (QED) is 0.475. The highest BCUT2D eigenvalue weighted by Gasteiger charge is 2.17. The van der Waals surface area contributed by atoms with Crippen LogP contribution >= 0.6 is 8.25 Å². The second-order valence-corrected chi connectivity index (χ2v) is 2.12. The maximum absolute atomic E-state index is 10.4. The van der Waals surface area contributed by atoms with E-state index in [1.165, 1.54) is 0 Å². The van der Waals surface area contributed by atoms with Gasteiger partial charge in [-0.25, -0.2) is 0 Å². The largest absolute Gasteiger partial charge is 0.716 e. The van der Waals surface area contributed by atoms with Gasteiger partial charge in [0, 0.05) is 11.1 Å². The molecule has 0 radical (unpaired) electrons. The molecule has 9 heavy (non-hydrogen) atoms. The summed E-state index contributed by atoms with van der Waals surface area (Å²) in [6, 6.07) is 0. The molecule has 5 heteroatoms. The molecule has 0 amide bonds. The molecule has 0 bridgehead atoms. The number of rotatable bonds is 5. The van der Waals surface area contributed by atoms with Gasteiger partial charge in [0.15, 0.2) is 0 Å². The first kappa shape index (κ1) is 8.98. The third kappa shape index (κ3) is 5.86. The smallest absolute Gasteiger partial charge is 0.149 e. The van der Waals surface area contributed by atoms with E-state index in [0.29, 0.717) is 13.2 Å². The van der Waals surface area contributed by atoms with Crippen LogP contribution in [0.5, 0.6) is 0 Å². The number of hydrogen-bond acceptors (Lipinski definition) is 4. The van der Waals surface area contributed by atoms with Crippen molar-refractivity contribution < 1.29 is 13.7 Å². The SMILES string of the molecule is CCNO[P+](=O)OCC. The Morgan fingerprint density at radius 3 is 2.67 bits per heavy atom. The van der Waals surface area contributed by atoms with Gasteiger partial charge in [-0.05, 0) is 11.5 Å². The summed E-state index contributed by atoms with van der Waals surface area (Å²) < 4.78 is 19.5. The van der Waals surface area contributed by atoms with E-state index in [4.69, 9.17) is 0 Å². The van der Waals surface area contributed by atoms with Crippen LogP contribution in [0.3, 0.4) is 0 Å². The molecule has 1 unspecified atom stereocenters. The third-order valence-corrected chi connectivity index (χ3v) is 1.27. The van der Waals surface area contributed by atoms with Crippen molar-refractivity contribution in [3.05, 3.63) is 0 Å². The first-order valence-corrected chi connectivity index (χ1v) is 3.90. The van der Waals surface area contributed by atoms with Crippen LogP contribution in [0, 0.1) is 0 Å². The van der Waals surface area contributed by atoms with Crippen molar-refractivity contribution in [3.8, 4) is 0 Å². The molecule has 0 fully saturated rings. The Hall–Kier alpha value is -0.0200. The third-order valence-electron chi connectivity index (χ3n) is 0.518. The first-order chi connectivity index (χ1) is 4.31. The predicted molar refractivity (Wildman–Crippen MR) is 34.0 cm³/mol. The molecule has 1 atom stereocenters. The van der Waals surface area contributed by atoms with Crippen LogP contribution in [0.25, 0.3) is 0 Å². The molecule has 0 aliphatic heterocycles. The first-order valence-electron chi connectivity index (χ1n) is 2.81. The maximum atomic E-state index is 10.4. The molecule has 0 aromatic carbocycles. The highest BCUT2D eigenvalue weighted by Crippen LogP contribution is 2.20. The summed E-state index contributed by atoms with van der Waals surface area (Å²) >= 11 is 0. The van der Waals surface area contributed by atoms with Gasteiger partial charge in [-0.1, -0.05) is 6.92 Å². The van der Waals surface area contributed by atoms with E-state index in [9.17, 15) is 4.57 Å². The van der Waals surface area contributed by atoms with Crippen LogP contribution in [-0.2, 0) is 13.7 Å². The number of hydrogen-bond donors (Lipinski definition) is 1. The van der Waals surface area contributed by atoms with E-state index in [1.54, 1.807) is 6.92 Å². The molecule has 0 aromatic heterocycles. The van der Waals surface area contributed by atoms with Crippen molar-refractivity contribution in [1.82, 2.24) is 5.48 Å². The zero-order valence-electron chi connectivity index (χ0n) is 5.59. The van der Waals surface area contributed by atoms with Gasteiger partial charge < -0.3 is 0 Å². The molecule has 0 rings (SSSR count). The Kier molecular flexibility index (Phi) is 6.09. The van der Waals surface area contributed by atoms with Crippen LogP contribution < -0.4 is 5.48 Å². The Bertz CT molecular complexity index is 87.9. The summed E-state index contributed by atoms with van der Waals surface area (Å²) in [5.74, 6) is 0. The number of nitrogens with one attached hydrogen (secondary N) is 1. The molecule has 4 nitrogen and oxygen atoms in total. The minimum absolute atomic E-state index is 0.403. The summed E-state index contributed by atoms with van der Waals surface area (Å²) in [4.78, 5) is 0. The Morgan fingerprint density at radius 2 is 2.22 bits per heavy atom. The molecular formula is C4H11NO3P+. The topological polar surface area (TPSA) is 47.6 Å². The fourth-order valence-electron chi connectivity index (χ4n) is 0.249. The molecule has 0 aromatic rings. The van der Waals surface area contributed by atoms with Gasteiger partial charge in [-0.3, -0.25) is 0 Å². The lowest BCUT2D eigenvalue weighted by atomic mass is 10.8. The van der Waals surface area contributed by atoms with Gasteiger partial charge in [0.25, 0.3) is 0 Å². The standard InChI is InChI=1S/C4H11NO3P/c1-3-5-8-9(6)7-4-2/h5H,3-4H2,1-2H3/q+1. The van der Waals surface area contributed by atoms with Crippen molar-refractivity contribution in [3.63, 3.8) is 0 Å². The molecule has 0 saturated carbocycles. The average molecular weight is 152 g/mol. The molecular weight excluding hydrogens is 141 g/mol. The molecule has 0 heterocycles. The fraction of sp³-hybridized carbons (Fsp3) is 1.00. The van der Waals surface area contributed by atoms with E-state index in [0.717, 1.165) is 0 Å². The van der Waals surface area contributed by atoms with Crippen LogP contribution in [0.2, 0.25) is 0 Å². The van der Waals surface area contributed by atoms with E-state index in [2.05, 4.69) is 14.6 Å². The van der Waals surface area contributed by atoms with Gasteiger partial charge in [-0.2, -0.15) is 0 Å². The fourth-order valence-corrected chi connectivity index (χ4v) is 0.747. The summed E-state index contributed by atoms with van der Waals surface area (Å²) in [6.07, 6.45) is 0. The van der Waals surface area contributed by atoms with Gasteiger partial charge in [-0.15, -0.1) is 10.0 Å². The second kappa shape index (κ2) is 6.11. The van der Waals surface area contributed by atoms with Crippen molar-refractivity contribution in [2.45, 2.75) is 13.8 Å². The lowest BCUT2D eigenvalue weighted by molar-refractivity contribution is 0.164. The lowest BCUT2D eigenvalue weighted by Gasteiger charge is -1.85. The van der Waals surface area contributed by atoms with Crippen molar-refractivity contribution in [2.75, 3.05) is 13.2 Å². The second-order valence-electron chi connectivity index (χ2n) is 1.23. The van der Waals surface area contributed by atoms with Crippen molar-refractivity contribution in [1.29, 1.82) is 0 Å². The maximum Gasteiger partial charge on any atom is 0.716 e. The normalized spacial score (nSPS) is 11.6. The Morgan fingerprint density at radius 1 is 1.56 bits per heavy atom. The minimum atomic E-state index is -1.95. The predicted octanol–water partition coefficient (Wildman–Crippen LogP) is 1.22. The molecule has 0 aliphatic carbocycles. The van der Waals surface area contributed by atoms with Gasteiger partial charge in [0.2, 0.25) is 0 Å². The van der Waals surface area contributed by atoms with Gasteiger partial charge >= 0.3 is 8.25 Å². The van der Waals surface area contributed by atoms with Crippen LogP contribution in [-0.4, -0.2) is 13.2 Å². The summed E-state index contributed by atoms with van der Waals surface area (Å²) in [7, 11) is -1.95. The van der Waals surface area contributed by atoms with E-state index < -0.39 is 8.25 Å². The number of hydroxylamine groups is 1. The van der Waals surface area contributed by atoms with Crippen molar-refractivity contribution in [2.24, 2.45) is 0 Å². The summed E-state index contributed by atoms with van der Waals surface area (Å²) in [5.41, 5.74) is 2.42. The lowest BCUT2D eigenvalue weighted by Crippen LogP contribution is -2.08. The molecule has 0 saturated heterocycles. The van der Waals surface area contributed by atoms with Crippen LogP contribution in [0.15, 0.2) is 0 Å². The average Bonchev–Trinajstić information content (AvgIpc) is 1.85. The highest BCUT2D eigenvalue weighted by molar-refractivity contribution is 7.33.